The third-order valence-electron chi connectivity index (χ3n) is 3.88. The molecule has 0 saturated heterocycles. The molecule has 0 bridgehead atoms. The number of hydrogen-bond donors (Lipinski definition) is 2. The number of halogens is 1. The maximum Gasteiger partial charge on any atom is 0.241 e. The Kier molecular flexibility index (Phi) is 6.46. The van der Waals surface area contributed by atoms with Crippen LogP contribution < -0.4 is 11.1 Å². The van der Waals surface area contributed by atoms with Crippen LogP contribution in [0.2, 0.25) is 0 Å². The summed E-state index contributed by atoms with van der Waals surface area (Å²) < 4.78 is 12.9. The molecule has 24 heavy (non-hydrogen) atoms. The molecule has 0 heterocycles. The van der Waals surface area contributed by atoms with E-state index in [0.29, 0.717) is 19.6 Å². The van der Waals surface area contributed by atoms with Gasteiger partial charge in [-0.15, -0.1) is 0 Å². The SMILES string of the molecule is Cc1ccc(C(N)C(=O)NCCN(C)Cc2ccc(F)cc2)cc1. The van der Waals surface area contributed by atoms with Crippen LogP contribution in [0.4, 0.5) is 4.39 Å². The van der Waals surface area contributed by atoms with Crippen LogP contribution in [0.5, 0.6) is 0 Å². The first-order valence-corrected chi connectivity index (χ1v) is 7.98. The van der Waals surface area contributed by atoms with Crippen LogP contribution in [-0.2, 0) is 11.3 Å². The first-order valence-electron chi connectivity index (χ1n) is 7.98. The van der Waals surface area contributed by atoms with E-state index in [-0.39, 0.29) is 11.7 Å². The molecule has 0 aliphatic heterocycles. The van der Waals surface area contributed by atoms with Gasteiger partial charge in [0, 0.05) is 19.6 Å². The number of amides is 1. The molecule has 0 aliphatic rings. The van der Waals surface area contributed by atoms with Crippen molar-refractivity contribution >= 4 is 5.91 Å². The van der Waals surface area contributed by atoms with Crippen molar-refractivity contribution in [2.75, 3.05) is 20.1 Å². The van der Waals surface area contributed by atoms with Crippen LogP contribution in [0.3, 0.4) is 0 Å². The van der Waals surface area contributed by atoms with Crippen molar-refractivity contribution in [2.24, 2.45) is 5.73 Å². The number of nitrogens with one attached hydrogen (secondary N) is 1. The van der Waals surface area contributed by atoms with Gasteiger partial charge in [-0.2, -0.15) is 0 Å². The van der Waals surface area contributed by atoms with E-state index in [4.69, 9.17) is 5.73 Å². The molecule has 128 valence electrons. The maximum atomic E-state index is 12.9. The molecule has 1 atom stereocenters. The molecule has 3 N–H and O–H groups in total. The van der Waals surface area contributed by atoms with Gasteiger partial charge >= 0.3 is 0 Å². The van der Waals surface area contributed by atoms with Gasteiger partial charge in [-0.1, -0.05) is 42.0 Å². The quantitative estimate of drug-likeness (QED) is 0.820. The third kappa shape index (κ3) is 5.44. The number of likely N-dealkylation sites (N-methyl/N-ethyl adjacent to an activating group) is 1. The summed E-state index contributed by atoms with van der Waals surface area (Å²) in [6, 6.07) is 13.4. The Morgan fingerprint density at radius 2 is 1.79 bits per heavy atom. The van der Waals surface area contributed by atoms with E-state index in [0.717, 1.165) is 16.7 Å². The van der Waals surface area contributed by atoms with Gasteiger partial charge in [-0.25, -0.2) is 4.39 Å². The number of hydrogen-bond acceptors (Lipinski definition) is 3. The molecule has 2 aromatic carbocycles. The number of carbonyl (C=O) groups is 1. The van der Waals surface area contributed by atoms with Crippen LogP contribution in [0.25, 0.3) is 0 Å². The molecule has 0 aromatic heterocycles. The lowest BCUT2D eigenvalue weighted by molar-refractivity contribution is -0.122. The van der Waals surface area contributed by atoms with Gasteiger partial charge in [0.2, 0.25) is 5.91 Å². The van der Waals surface area contributed by atoms with E-state index in [2.05, 4.69) is 10.2 Å². The summed E-state index contributed by atoms with van der Waals surface area (Å²) in [6.45, 7) is 3.88. The number of nitrogens with two attached hydrogens (primary N) is 1. The van der Waals surface area contributed by atoms with Crippen molar-refractivity contribution in [3.05, 3.63) is 71.0 Å². The topological polar surface area (TPSA) is 58.4 Å². The zero-order valence-corrected chi connectivity index (χ0v) is 14.1. The highest BCUT2D eigenvalue weighted by atomic mass is 19.1. The van der Waals surface area contributed by atoms with Crippen molar-refractivity contribution in [3.63, 3.8) is 0 Å². The monoisotopic (exact) mass is 329 g/mol. The maximum absolute atomic E-state index is 12.9. The highest BCUT2D eigenvalue weighted by molar-refractivity contribution is 5.82. The summed E-state index contributed by atoms with van der Waals surface area (Å²) in [7, 11) is 1.95. The standard InChI is InChI=1S/C19H24FN3O/c1-14-3-7-16(8-4-14)18(21)19(24)22-11-12-23(2)13-15-5-9-17(20)10-6-15/h3-10,18H,11-13,21H2,1-2H3,(H,22,24). The third-order valence-corrected chi connectivity index (χ3v) is 3.88. The smallest absolute Gasteiger partial charge is 0.241 e. The van der Waals surface area contributed by atoms with E-state index in [9.17, 15) is 9.18 Å². The zero-order valence-electron chi connectivity index (χ0n) is 14.1. The van der Waals surface area contributed by atoms with Crippen LogP contribution in [0.1, 0.15) is 22.7 Å². The minimum Gasteiger partial charge on any atom is -0.353 e. The fraction of sp³-hybridized carbons (Fsp3) is 0.316. The predicted octanol–water partition coefficient (Wildman–Crippen LogP) is 2.38. The summed E-state index contributed by atoms with van der Waals surface area (Å²) in [6.07, 6.45) is 0. The van der Waals surface area contributed by atoms with Gasteiger partial charge in [0.1, 0.15) is 11.9 Å². The Morgan fingerprint density at radius 1 is 1.17 bits per heavy atom. The Morgan fingerprint density at radius 3 is 2.42 bits per heavy atom. The molecule has 5 heteroatoms. The number of benzene rings is 2. The predicted molar refractivity (Wildman–Crippen MR) is 93.9 cm³/mol. The first-order chi connectivity index (χ1) is 11.5. The summed E-state index contributed by atoms with van der Waals surface area (Å²) >= 11 is 0. The second-order valence-corrected chi connectivity index (χ2v) is 6.04. The fourth-order valence-electron chi connectivity index (χ4n) is 2.39. The summed E-state index contributed by atoms with van der Waals surface area (Å²) in [4.78, 5) is 14.2. The van der Waals surface area contributed by atoms with E-state index in [1.807, 2.05) is 38.2 Å². The van der Waals surface area contributed by atoms with Crippen molar-refractivity contribution in [3.8, 4) is 0 Å². The average molecular weight is 329 g/mol. The second-order valence-electron chi connectivity index (χ2n) is 6.04. The van der Waals surface area contributed by atoms with Gasteiger partial charge in [0.05, 0.1) is 0 Å². The Labute approximate surface area is 142 Å². The lowest BCUT2D eigenvalue weighted by atomic mass is 10.1. The van der Waals surface area contributed by atoms with Gasteiger partial charge < -0.3 is 16.0 Å². The summed E-state index contributed by atoms with van der Waals surface area (Å²) in [5.41, 5.74) is 8.95. The summed E-state index contributed by atoms with van der Waals surface area (Å²) in [5.74, 6) is -0.423. The molecule has 1 amide bonds. The lowest BCUT2D eigenvalue weighted by Crippen LogP contribution is -2.38. The molecular formula is C19H24FN3O. The molecule has 4 nitrogen and oxygen atoms in total. The average Bonchev–Trinajstić information content (AvgIpc) is 2.57. The summed E-state index contributed by atoms with van der Waals surface area (Å²) in [5, 5.41) is 2.86. The molecule has 1 unspecified atom stereocenters. The van der Waals surface area contributed by atoms with E-state index < -0.39 is 6.04 Å². The molecule has 0 aliphatic carbocycles. The molecule has 0 saturated carbocycles. The minimum absolute atomic E-state index is 0.186. The first kappa shape index (κ1) is 18.1. The van der Waals surface area contributed by atoms with E-state index >= 15 is 0 Å². The number of aryl methyl sites for hydroxylation is 1. The second kappa shape index (κ2) is 8.57. The molecule has 2 rings (SSSR count). The fourth-order valence-corrected chi connectivity index (χ4v) is 2.39. The highest BCUT2D eigenvalue weighted by Gasteiger charge is 2.15. The Hall–Kier alpha value is -2.24. The van der Waals surface area contributed by atoms with Gasteiger partial charge in [-0.3, -0.25) is 4.79 Å². The number of nitrogens with zero attached hydrogens (tertiary/aromatic N) is 1. The molecular weight excluding hydrogens is 305 g/mol. The van der Waals surface area contributed by atoms with Crippen molar-refractivity contribution in [2.45, 2.75) is 19.5 Å². The van der Waals surface area contributed by atoms with E-state index in [1.54, 1.807) is 12.1 Å². The van der Waals surface area contributed by atoms with Crippen LogP contribution in [-0.4, -0.2) is 30.9 Å². The van der Waals surface area contributed by atoms with Crippen LogP contribution in [0.15, 0.2) is 48.5 Å². The molecule has 0 spiro atoms. The van der Waals surface area contributed by atoms with Crippen LogP contribution >= 0.6 is 0 Å². The molecule has 0 fully saturated rings. The minimum atomic E-state index is -0.659. The normalized spacial score (nSPS) is 12.2. The molecule has 2 aromatic rings. The van der Waals surface area contributed by atoms with Gasteiger partial charge in [-0.05, 0) is 37.2 Å². The van der Waals surface area contributed by atoms with Crippen LogP contribution in [0, 0.1) is 12.7 Å². The van der Waals surface area contributed by atoms with Crippen molar-refractivity contribution in [1.82, 2.24) is 10.2 Å². The van der Waals surface area contributed by atoms with Crippen molar-refractivity contribution < 1.29 is 9.18 Å². The molecule has 0 radical (unpaired) electrons. The van der Waals surface area contributed by atoms with Crippen molar-refractivity contribution in [1.29, 1.82) is 0 Å². The highest BCUT2D eigenvalue weighted by Crippen LogP contribution is 2.11. The zero-order chi connectivity index (χ0) is 17.5. The number of rotatable bonds is 7. The van der Waals surface area contributed by atoms with E-state index in [1.165, 1.54) is 12.1 Å². The van der Waals surface area contributed by atoms with Gasteiger partial charge in [0.25, 0.3) is 0 Å². The van der Waals surface area contributed by atoms with Gasteiger partial charge in [0.15, 0.2) is 0 Å². The largest absolute Gasteiger partial charge is 0.353 e. The Bertz CT molecular complexity index is 655. The number of carbonyl (C=O) groups excluding carboxylic acids is 1. The lowest BCUT2D eigenvalue weighted by Gasteiger charge is -2.18. The Balaban J connectivity index is 1.75.